The van der Waals surface area contributed by atoms with E-state index in [0.29, 0.717) is 5.69 Å². The largest absolute Gasteiger partial charge is 0.272 e. The van der Waals surface area contributed by atoms with Gasteiger partial charge in [-0.15, -0.1) is 0 Å². The molecule has 1 fully saturated rings. The molecule has 1 atom stereocenters. The predicted octanol–water partition coefficient (Wildman–Crippen LogP) is 1.89. The van der Waals surface area contributed by atoms with E-state index in [-0.39, 0.29) is 17.6 Å². The van der Waals surface area contributed by atoms with Gasteiger partial charge in [-0.1, -0.05) is 0 Å². The van der Waals surface area contributed by atoms with Gasteiger partial charge in [0.05, 0.1) is 17.3 Å². The van der Waals surface area contributed by atoms with E-state index < -0.39 is 0 Å². The fraction of sp³-hybridized carbons (Fsp3) is 0.273. The summed E-state index contributed by atoms with van der Waals surface area (Å²) in [6, 6.07) is 5.83. The van der Waals surface area contributed by atoms with Crippen molar-refractivity contribution >= 4 is 29.1 Å². The average Bonchev–Trinajstić information content (AvgIpc) is 2.84. The van der Waals surface area contributed by atoms with Gasteiger partial charge >= 0.3 is 0 Å². The molecule has 1 aromatic carbocycles. The molecule has 1 unspecified atom stereocenters. The highest BCUT2D eigenvalue weighted by Crippen LogP contribution is 2.31. The smallest absolute Gasteiger partial charge is 0.257 e. The van der Waals surface area contributed by atoms with E-state index in [0.717, 1.165) is 17.2 Å². The van der Waals surface area contributed by atoms with E-state index in [4.69, 9.17) is 0 Å². The van der Waals surface area contributed by atoms with E-state index in [1.54, 1.807) is 23.9 Å². The molecule has 3 nitrogen and oxygen atoms in total. The van der Waals surface area contributed by atoms with Gasteiger partial charge in [0, 0.05) is 11.5 Å². The Morgan fingerprint density at radius 3 is 2.81 bits per heavy atom. The Kier molecular flexibility index (Phi) is 2.21. The van der Waals surface area contributed by atoms with E-state index in [1.165, 1.54) is 17.1 Å². The van der Waals surface area contributed by atoms with Crippen molar-refractivity contribution in [1.82, 2.24) is 0 Å². The molecule has 0 bridgehead atoms. The molecular formula is C11H9FN2OS. The summed E-state index contributed by atoms with van der Waals surface area (Å²) in [6.45, 7) is 0. The normalized spacial score (nSPS) is 23.6. The number of rotatable bonds is 1. The van der Waals surface area contributed by atoms with Crippen molar-refractivity contribution in [2.24, 2.45) is 11.0 Å². The van der Waals surface area contributed by atoms with Crippen molar-refractivity contribution in [1.29, 1.82) is 0 Å². The first kappa shape index (κ1) is 9.84. The lowest BCUT2D eigenvalue weighted by molar-refractivity contribution is -0.119. The summed E-state index contributed by atoms with van der Waals surface area (Å²) in [5.41, 5.74) is 1.58. The SMILES string of the molecule is O=C1C2CSCC2=NN1c1ccc(F)cc1. The van der Waals surface area contributed by atoms with Crippen molar-refractivity contribution < 1.29 is 9.18 Å². The van der Waals surface area contributed by atoms with Gasteiger partial charge in [-0.2, -0.15) is 16.9 Å². The molecule has 16 heavy (non-hydrogen) atoms. The first-order valence-electron chi connectivity index (χ1n) is 5.00. The zero-order chi connectivity index (χ0) is 11.1. The lowest BCUT2D eigenvalue weighted by Crippen LogP contribution is -2.27. The van der Waals surface area contributed by atoms with Gasteiger partial charge in [0.25, 0.3) is 5.91 Å². The molecule has 1 saturated heterocycles. The summed E-state index contributed by atoms with van der Waals surface area (Å²) in [5.74, 6) is 1.28. The van der Waals surface area contributed by atoms with Gasteiger partial charge < -0.3 is 0 Å². The van der Waals surface area contributed by atoms with Crippen LogP contribution in [0.15, 0.2) is 29.4 Å². The lowest BCUT2D eigenvalue weighted by Gasteiger charge is -2.13. The molecular weight excluding hydrogens is 227 g/mol. The zero-order valence-electron chi connectivity index (χ0n) is 8.39. The van der Waals surface area contributed by atoms with Gasteiger partial charge in [0.15, 0.2) is 0 Å². The minimum atomic E-state index is -0.307. The summed E-state index contributed by atoms with van der Waals surface area (Å²) in [4.78, 5) is 12.0. The Morgan fingerprint density at radius 2 is 2.12 bits per heavy atom. The zero-order valence-corrected chi connectivity index (χ0v) is 9.21. The summed E-state index contributed by atoms with van der Waals surface area (Å²) >= 11 is 1.73. The first-order valence-corrected chi connectivity index (χ1v) is 6.16. The van der Waals surface area contributed by atoms with E-state index in [2.05, 4.69) is 5.10 Å². The highest BCUT2D eigenvalue weighted by Gasteiger charge is 2.39. The second-order valence-corrected chi connectivity index (χ2v) is 4.82. The third kappa shape index (κ3) is 1.43. The first-order chi connectivity index (χ1) is 7.75. The topological polar surface area (TPSA) is 32.7 Å². The fourth-order valence-corrected chi connectivity index (χ4v) is 3.04. The van der Waals surface area contributed by atoms with Crippen LogP contribution in [0.5, 0.6) is 0 Å². The number of carbonyl (C=O) groups excluding carboxylic acids is 1. The number of hydrazone groups is 1. The van der Waals surface area contributed by atoms with Crippen molar-refractivity contribution in [3.05, 3.63) is 30.1 Å². The Hall–Kier alpha value is -1.36. The van der Waals surface area contributed by atoms with Crippen molar-refractivity contribution in [2.45, 2.75) is 0 Å². The second-order valence-electron chi connectivity index (χ2n) is 3.79. The van der Waals surface area contributed by atoms with Crippen LogP contribution in [0.1, 0.15) is 0 Å². The minimum Gasteiger partial charge on any atom is -0.272 e. The molecule has 0 aromatic heterocycles. The molecule has 2 heterocycles. The van der Waals surface area contributed by atoms with E-state index >= 15 is 0 Å². The average molecular weight is 236 g/mol. The molecule has 0 aliphatic carbocycles. The van der Waals surface area contributed by atoms with Crippen LogP contribution in [0.25, 0.3) is 0 Å². The maximum absolute atomic E-state index is 12.8. The predicted molar refractivity (Wildman–Crippen MR) is 62.1 cm³/mol. The van der Waals surface area contributed by atoms with Crippen LogP contribution in [0.2, 0.25) is 0 Å². The van der Waals surface area contributed by atoms with Crippen molar-refractivity contribution in [3.63, 3.8) is 0 Å². The van der Waals surface area contributed by atoms with Gasteiger partial charge in [-0.3, -0.25) is 4.79 Å². The molecule has 3 rings (SSSR count). The maximum Gasteiger partial charge on any atom is 0.257 e. The van der Waals surface area contributed by atoms with Crippen LogP contribution < -0.4 is 5.01 Å². The molecule has 82 valence electrons. The third-order valence-corrected chi connectivity index (χ3v) is 3.81. The van der Waals surface area contributed by atoms with Gasteiger partial charge in [-0.25, -0.2) is 9.40 Å². The van der Waals surface area contributed by atoms with Gasteiger partial charge in [-0.05, 0) is 24.3 Å². The van der Waals surface area contributed by atoms with Crippen molar-refractivity contribution in [3.8, 4) is 0 Å². The van der Waals surface area contributed by atoms with E-state index in [1.807, 2.05) is 0 Å². The molecule has 1 aromatic rings. The number of anilines is 1. The minimum absolute atomic E-state index is 0.00612. The highest BCUT2D eigenvalue weighted by molar-refractivity contribution is 8.00. The standard InChI is InChI=1S/C11H9FN2OS/c12-7-1-3-8(4-2-7)14-11(15)9-5-16-6-10(9)13-14/h1-4,9H,5-6H2. The summed E-state index contributed by atoms with van der Waals surface area (Å²) < 4.78 is 12.8. The van der Waals surface area contributed by atoms with Crippen LogP contribution in [0.4, 0.5) is 10.1 Å². The number of benzene rings is 1. The van der Waals surface area contributed by atoms with Gasteiger partial charge in [0.2, 0.25) is 0 Å². The van der Waals surface area contributed by atoms with Crippen LogP contribution in [0, 0.1) is 11.7 Å². The Morgan fingerprint density at radius 1 is 1.38 bits per heavy atom. The van der Waals surface area contributed by atoms with Crippen molar-refractivity contribution in [2.75, 3.05) is 16.5 Å². The molecule has 5 heteroatoms. The fourth-order valence-electron chi connectivity index (χ4n) is 1.88. The number of hydrogen-bond acceptors (Lipinski definition) is 3. The molecule has 2 aliphatic rings. The van der Waals surface area contributed by atoms with Gasteiger partial charge in [0.1, 0.15) is 5.82 Å². The number of hydrogen-bond donors (Lipinski definition) is 0. The number of fused-ring (bicyclic) bond motifs is 1. The monoisotopic (exact) mass is 236 g/mol. The number of amides is 1. The molecule has 0 radical (unpaired) electrons. The van der Waals surface area contributed by atoms with Crippen LogP contribution in [-0.4, -0.2) is 23.1 Å². The Bertz CT molecular complexity index is 471. The number of nitrogens with zero attached hydrogens (tertiary/aromatic N) is 2. The second kappa shape index (κ2) is 3.59. The number of halogens is 1. The summed E-state index contributed by atoms with van der Waals surface area (Å²) in [6.07, 6.45) is 0. The number of carbonyl (C=O) groups is 1. The number of thioether (sulfide) groups is 1. The molecule has 0 spiro atoms. The van der Waals surface area contributed by atoms with Crippen LogP contribution in [-0.2, 0) is 4.79 Å². The third-order valence-electron chi connectivity index (χ3n) is 2.74. The summed E-state index contributed by atoms with van der Waals surface area (Å²) in [5, 5.41) is 5.68. The lowest BCUT2D eigenvalue weighted by atomic mass is 10.1. The Labute approximate surface area is 96.3 Å². The molecule has 1 amide bonds. The molecule has 0 N–H and O–H groups in total. The van der Waals surface area contributed by atoms with Crippen LogP contribution >= 0.6 is 11.8 Å². The molecule has 0 saturated carbocycles. The van der Waals surface area contributed by atoms with Crippen LogP contribution in [0.3, 0.4) is 0 Å². The quantitative estimate of drug-likeness (QED) is 0.746. The molecule has 2 aliphatic heterocycles. The highest BCUT2D eigenvalue weighted by atomic mass is 32.2. The maximum atomic E-state index is 12.8. The van der Waals surface area contributed by atoms with E-state index in [9.17, 15) is 9.18 Å². The summed E-state index contributed by atoms with van der Waals surface area (Å²) in [7, 11) is 0. The Balaban J connectivity index is 1.94.